The number of hydrogen-bond acceptors (Lipinski definition) is 1. The second-order valence-corrected chi connectivity index (χ2v) is 6.91. The van der Waals surface area contributed by atoms with E-state index in [1.165, 1.54) is 5.56 Å². The molecule has 0 aliphatic heterocycles. The van der Waals surface area contributed by atoms with Gasteiger partial charge in [-0.1, -0.05) is 32.9 Å². The molecule has 0 saturated carbocycles. The van der Waals surface area contributed by atoms with E-state index in [0.717, 1.165) is 24.8 Å². The van der Waals surface area contributed by atoms with Gasteiger partial charge in [-0.25, -0.2) is 4.39 Å². The molecule has 0 aliphatic rings. The molecule has 18 heavy (non-hydrogen) atoms. The second-order valence-electron chi connectivity index (χ2n) is 6.91. The minimum atomic E-state index is -0.146. The van der Waals surface area contributed by atoms with Crippen LogP contribution in [0.25, 0.3) is 0 Å². The quantitative estimate of drug-likeness (QED) is 0.853. The van der Waals surface area contributed by atoms with Gasteiger partial charge in [0.2, 0.25) is 0 Å². The Kier molecular flexibility index (Phi) is 4.55. The predicted molar refractivity (Wildman–Crippen MR) is 76.3 cm³/mol. The lowest BCUT2D eigenvalue weighted by molar-refractivity contribution is 0.458. The van der Waals surface area contributed by atoms with Crippen molar-refractivity contribution in [1.29, 1.82) is 0 Å². The molecule has 2 N–H and O–H groups in total. The average Bonchev–Trinajstić information content (AvgIpc) is 2.17. The van der Waals surface area contributed by atoms with Crippen LogP contribution < -0.4 is 5.73 Å². The van der Waals surface area contributed by atoms with Crippen molar-refractivity contribution in [3.05, 3.63) is 35.1 Å². The molecule has 0 heterocycles. The summed E-state index contributed by atoms with van der Waals surface area (Å²) in [4.78, 5) is 0. The molecule has 0 atom stereocenters. The van der Waals surface area contributed by atoms with Crippen LogP contribution in [0.2, 0.25) is 0 Å². The molecule has 1 aromatic carbocycles. The molecule has 0 bridgehead atoms. The molecule has 0 spiro atoms. The van der Waals surface area contributed by atoms with Crippen molar-refractivity contribution in [3.8, 4) is 0 Å². The highest BCUT2D eigenvalue weighted by Gasteiger charge is 2.18. The van der Waals surface area contributed by atoms with Crippen molar-refractivity contribution in [2.24, 2.45) is 5.73 Å². The van der Waals surface area contributed by atoms with Gasteiger partial charge in [-0.15, -0.1) is 0 Å². The highest BCUT2D eigenvalue weighted by Crippen LogP contribution is 2.26. The van der Waals surface area contributed by atoms with Gasteiger partial charge < -0.3 is 5.73 Å². The minimum absolute atomic E-state index is 0.106. The third-order valence-electron chi connectivity index (χ3n) is 3.13. The number of halogens is 1. The first-order valence-electron chi connectivity index (χ1n) is 6.67. The van der Waals surface area contributed by atoms with Crippen LogP contribution in [0, 0.1) is 5.82 Å². The predicted octanol–water partition coefficient (Wildman–Crippen LogP) is 4.18. The summed E-state index contributed by atoms with van der Waals surface area (Å²) in [5.41, 5.74) is 7.70. The lowest BCUT2D eigenvalue weighted by atomic mass is 9.85. The molecule has 0 aliphatic carbocycles. The van der Waals surface area contributed by atoms with Gasteiger partial charge in [0.15, 0.2) is 0 Å². The monoisotopic (exact) mass is 251 g/mol. The lowest BCUT2D eigenvalue weighted by Gasteiger charge is -2.21. The Bertz CT molecular complexity index is 397. The molecule has 1 rings (SSSR count). The van der Waals surface area contributed by atoms with Crippen LogP contribution >= 0.6 is 0 Å². The molecule has 0 saturated heterocycles. The molecule has 0 amide bonds. The molecule has 0 unspecified atom stereocenters. The molecule has 1 aromatic rings. The van der Waals surface area contributed by atoms with Gasteiger partial charge in [-0.2, -0.15) is 0 Å². The van der Waals surface area contributed by atoms with Crippen molar-refractivity contribution in [1.82, 2.24) is 0 Å². The zero-order chi connectivity index (χ0) is 14.0. The fourth-order valence-electron chi connectivity index (χ4n) is 2.05. The normalized spacial score (nSPS) is 12.8. The van der Waals surface area contributed by atoms with Crippen LogP contribution in [0.1, 0.15) is 58.6 Å². The van der Waals surface area contributed by atoms with E-state index < -0.39 is 0 Å². The summed E-state index contributed by atoms with van der Waals surface area (Å²) in [6.07, 6.45) is 2.98. The van der Waals surface area contributed by atoms with Gasteiger partial charge in [0.05, 0.1) is 0 Å². The zero-order valence-electron chi connectivity index (χ0n) is 12.3. The molecule has 0 aromatic heterocycles. The molecule has 1 nitrogen and oxygen atoms in total. The van der Waals surface area contributed by atoms with Crippen molar-refractivity contribution < 1.29 is 4.39 Å². The number of aryl methyl sites for hydroxylation is 1. The summed E-state index contributed by atoms with van der Waals surface area (Å²) in [5, 5.41) is 0. The van der Waals surface area contributed by atoms with Crippen molar-refractivity contribution in [3.63, 3.8) is 0 Å². The summed E-state index contributed by atoms with van der Waals surface area (Å²) in [7, 11) is 0. The van der Waals surface area contributed by atoms with Gasteiger partial charge in [-0.05, 0) is 55.7 Å². The minimum Gasteiger partial charge on any atom is -0.326 e. The zero-order valence-corrected chi connectivity index (χ0v) is 12.3. The van der Waals surface area contributed by atoms with Crippen LogP contribution in [0.5, 0.6) is 0 Å². The smallest absolute Gasteiger partial charge is 0.126 e. The number of nitrogens with two attached hydrogens (primary N) is 1. The summed E-state index contributed by atoms with van der Waals surface area (Å²) in [5.74, 6) is -0.106. The first kappa shape index (κ1) is 15.2. The lowest BCUT2D eigenvalue weighted by Crippen LogP contribution is -2.31. The van der Waals surface area contributed by atoms with E-state index >= 15 is 0 Å². The average molecular weight is 251 g/mol. The highest BCUT2D eigenvalue weighted by molar-refractivity contribution is 5.30. The number of rotatable bonds is 4. The maximum atomic E-state index is 13.8. The molecule has 0 radical (unpaired) electrons. The Hall–Kier alpha value is -0.890. The highest BCUT2D eigenvalue weighted by atomic mass is 19.1. The first-order valence-corrected chi connectivity index (χ1v) is 6.67. The molecule has 2 heteroatoms. The van der Waals surface area contributed by atoms with Crippen molar-refractivity contribution >= 4 is 0 Å². The third kappa shape index (κ3) is 4.77. The Morgan fingerprint density at radius 3 is 2.22 bits per heavy atom. The van der Waals surface area contributed by atoms with Crippen molar-refractivity contribution in [2.75, 3.05) is 0 Å². The van der Waals surface area contributed by atoms with Crippen molar-refractivity contribution in [2.45, 2.75) is 64.8 Å². The van der Waals surface area contributed by atoms with Crippen LogP contribution in [-0.4, -0.2) is 5.54 Å². The summed E-state index contributed by atoms with van der Waals surface area (Å²) in [6.45, 7) is 10.2. The molecule has 0 fully saturated rings. The van der Waals surface area contributed by atoms with Crippen LogP contribution in [0.4, 0.5) is 4.39 Å². The Balaban J connectivity index is 2.74. The van der Waals surface area contributed by atoms with Gasteiger partial charge in [0.1, 0.15) is 5.82 Å². The van der Waals surface area contributed by atoms with E-state index in [1.807, 2.05) is 46.8 Å². The van der Waals surface area contributed by atoms with Gasteiger partial charge in [-0.3, -0.25) is 0 Å². The Morgan fingerprint density at radius 2 is 1.72 bits per heavy atom. The van der Waals surface area contributed by atoms with E-state index in [1.54, 1.807) is 6.07 Å². The number of hydrogen-bond donors (Lipinski definition) is 1. The Morgan fingerprint density at radius 1 is 1.11 bits per heavy atom. The summed E-state index contributed by atoms with van der Waals surface area (Å²) >= 11 is 0. The largest absolute Gasteiger partial charge is 0.326 e. The molecule has 102 valence electrons. The maximum absolute atomic E-state index is 13.8. The summed E-state index contributed by atoms with van der Waals surface area (Å²) in [6, 6.07) is 5.47. The summed E-state index contributed by atoms with van der Waals surface area (Å²) < 4.78 is 13.8. The van der Waals surface area contributed by atoms with E-state index in [2.05, 4.69) is 0 Å². The van der Waals surface area contributed by atoms with Gasteiger partial charge >= 0.3 is 0 Å². The second kappa shape index (κ2) is 5.40. The van der Waals surface area contributed by atoms with E-state index in [9.17, 15) is 4.39 Å². The Labute approximate surface area is 111 Å². The topological polar surface area (TPSA) is 26.0 Å². The SMILES string of the molecule is CC(C)(N)CCCc1ccc(F)c(C(C)(C)C)c1. The fourth-order valence-corrected chi connectivity index (χ4v) is 2.05. The first-order chi connectivity index (χ1) is 8.09. The van der Waals surface area contributed by atoms with E-state index in [-0.39, 0.29) is 16.8 Å². The van der Waals surface area contributed by atoms with Crippen LogP contribution in [0.15, 0.2) is 18.2 Å². The molecular formula is C16H26FN. The standard InChI is InChI=1S/C16H26FN/c1-15(2,3)13-11-12(8-9-14(13)17)7-6-10-16(4,5)18/h8-9,11H,6-7,10,18H2,1-5H3. The van der Waals surface area contributed by atoms with Gasteiger partial charge in [0, 0.05) is 5.54 Å². The number of benzene rings is 1. The maximum Gasteiger partial charge on any atom is 0.126 e. The third-order valence-corrected chi connectivity index (χ3v) is 3.13. The van der Waals surface area contributed by atoms with Gasteiger partial charge in [0.25, 0.3) is 0 Å². The fraction of sp³-hybridized carbons (Fsp3) is 0.625. The van der Waals surface area contributed by atoms with E-state index in [0.29, 0.717) is 0 Å². The van der Waals surface area contributed by atoms with Crippen LogP contribution in [0.3, 0.4) is 0 Å². The van der Waals surface area contributed by atoms with E-state index in [4.69, 9.17) is 5.73 Å². The molecular weight excluding hydrogens is 225 g/mol. The van der Waals surface area contributed by atoms with Crippen LogP contribution in [-0.2, 0) is 11.8 Å².